The van der Waals surface area contributed by atoms with Crippen LogP contribution >= 0.6 is 11.6 Å². The van der Waals surface area contributed by atoms with Crippen LogP contribution in [-0.4, -0.2) is 29.7 Å². The second kappa shape index (κ2) is 5.72. The third kappa shape index (κ3) is 3.21. The first-order valence-corrected chi connectivity index (χ1v) is 5.08. The Morgan fingerprint density at radius 2 is 2.33 bits per heavy atom. The van der Waals surface area contributed by atoms with Gasteiger partial charge in [0.1, 0.15) is 12.0 Å². The molecule has 6 heteroatoms. The summed E-state index contributed by atoms with van der Waals surface area (Å²) in [6.45, 7) is 2.65. The van der Waals surface area contributed by atoms with Crippen LogP contribution in [0.5, 0.6) is 0 Å². The van der Waals surface area contributed by atoms with Crippen molar-refractivity contribution in [2.24, 2.45) is 0 Å². The number of hydrogen-bond acceptors (Lipinski definition) is 5. The first-order chi connectivity index (χ1) is 7.19. The number of nitrogen functional groups attached to an aromatic ring is 1. The molecule has 5 nitrogen and oxygen atoms in total. The van der Waals surface area contributed by atoms with Gasteiger partial charge in [0.25, 0.3) is 0 Å². The fourth-order valence-corrected chi connectivity index (χ4v) is 1.28. The first kappa shape index (κ1) is 12.0. The SMILES string of the molecule is CCC(COC)Nc1ncnc(Cl)c1N. The number of hydrogen-bond donors (Lipinski definition) is 2. The molecule has 1 unspecified atom stereocenters. The number of aromatic nitrogens is 2. The van der Waals surface area contributed by atoms with Crippen LogP contribution in [0.3, 0.4) is 0 Å². The van der Waals surface area contributed by atoms with Crippen molar-refractivity contribution in [2.45, 2.75) is 19.4 Å². The Balaban J connectivity index is 2.74. The number of rotatable bonds is 5. The molecule has 3 N–H and O–H groups in total. The number of halogens is 1. The summed E-state index contributed by atoms with van der Waals surface area (Å²) in [4.78, 5) is 7.80. The van der Waals surface area contributed by atoms with Gasteiger partial charge in [0.05, 0.1) is 12.6 Å². The van der Waals surface area contributed by atoms with Crippen molar-refractivity contribution < 1.29 is 4.74 Å². The summed E-state index contributed by atoms with van der Waals surface area (Å²) >= 11 is 5.77. The Morgan fingerprint density at radius 3 is 2.93 bits per heavy atom. The largest absolute Gasteiger partial charge is 0.393 e. The fourth-order valence-electron chi connectivity index (χ4n) is 1.15. The molecule has 1 atom stereocenters. The maximum Gasteiger partial charge on any atom is 0.157 e. The van der Waals surface area contributed by atoms with E-state index in [1.807, 2.05) is 0 Å². The van der Waals surface area contributed by atoms with Gasteiger partial charge >= 0.3 is 0 Å². The molecular formula is C9H15ClN4O. The number of nitrogens with one attached hydrogen (secondary N) is 1. The predicted octanol–water partition coefficient (Wildman–Crippen LogP) is 1.55. The molecule has 1 aromatic heterocycles. The van der Waals surface area contributed by atoms with E-state index in [9.17, 15) is 0 Å². The van der Waals surface area contributed by atoms with Crippen LogP contribution < -0.4 is 11.1 Å². The molecule has 1 heterocycles. The van der Waals surface area contributed by atoms with E-state index >= 15 is 0 Å². The number of ether oxygens (including phenoxy) is 1. The number of nitrogens with zero attached hydrogens (tertiary/aromatic N) is 2. The standard InChI is InChI=1S/C9H15ClN4O/c1-3-6(4-15-2)14-9-7(11)8(10)12-5-13-9/h5-6H,3-4,11H2,1-2H3,(H,12,13,14). The van der Waals surface area contributed by atoms with E-state index < -0.39 is 0 Å². The van der Waals surface area contributed by atoms with Crippen LogP contribution in [0, 0.1) is 0 Å². The van der Waals surface area contributed by atoms with Crippen LogP contribution in [-0.2, 0) is 4.74 Å². The Kier molecular flexibility index (Phi) is 4.58. The van der Waals surface area contributed by atoms with Crippen molar-refractivity contribution in [1.82, 2.24) is 9.97 Å². The van der Waals surface area contributed by atoms with Crippen LogP contribution in [0.4, 0.5) is 11.5 Å². The van der Waals surface area contributed by atoms with E-state index in [0.29, 0.717) is 18.1 Å². The van der Waals surface area contributed by atoms with Crippen molar-refractivity contribution in [2.75, 3.05) is 24.8 Å². The van der Waals surface area contributed by atoms with Crippen LogP contribution in [0.2, 0.25) is 5.15 Å². The molecule has 0 fully saturated rings. The molecule has 0 aliphatic carbocycles. The fraction of sp³-hybridized carbons (Fsp3) is 0.556. The number of methoxy groups -OCH3 is 1. The van der Waals surface area contributed by atoms with E-state index in [1.54, 1.807) is 7.11 Å². The molecule has 0 aliphatic heterocycles. The lowest BCUT2D eigenvalue weighted by atomic mass is 10.2. The maximum atomic E-state index is 5.77. The van der Waals surface area contributed by atoms with Crippen molar-refractivity contribution in [1.29, 1.82) is 0 Å². The number of nitrogens with two attached hydrogens (primary N) is 1. The monoisotopic (exact) mass is 230 g/mol. The zero-order chi connectivity index (χ0) is 11.3. The molecule has 0 aromatic carbocycles. The molecule has 84 valence electrons. The third-order valence-electron chi connectivity index (χ3n) is 2.04. The quantitative estimate of drug-likeness (QED) is 0.751. The minimum Gasteiger partial charge on any atom is -0.393 e. The summed E-state index contributed by atoms with van der Waals surface area (Å²) in [5, 5.41) is 3.42. The first-order valence-electron chi connectivity index (χ1n) is 4.70. The summed E-state index contributed by atoms with van der Waals surface area (Å²) in [5.41, 5.74) is 6.09. The lowest BCUT2D eigenvalue weighted by Gasteiger charge is -2.17. The van der Waals surface area contributed by atoms with Crippen LogP contribution in [0.25, 0.3) is 0 Å². The highest BCUT2D eigenvalue weighted by atomic mass is 35.5. The molecule has 0 amide bonds. The van der Waals surface area contributed by atoms with Gasteiger partial charge in [-0.2, -0.15) is 0 Å². The highest BCUT2D eigenvalue weighted by Crippen LogP contribution is 2.22. The smallest absolute Gasteiger partial charge is 0.157 e. The topological polar surface area (TPSA) is 73.1 Å². The molecule has 15 heavy (non-hydrogen) atoms. The van der Waals surface area contributed by atoms with Gasteiger partial charge in [-0.3, -0.25) is 0 Å². The van der Waals surface area contributed by atoms with Gasteiger partial charge in [-0.25, -0.2) is 9.97 Å². The minimum absolute atomic E-state index is 0.170. The highest BCUT2D eigenvalue weighted by Gasteiger charge is 2.10. The highest BCUT2D eigenvalue weighted by molar-refractivity contribution is 6.32. The predicted molar refractivity (Wildman–Crippen MR) is 61.0 cm³/mol. The third-order valence-corrected chi connectivity index (χ3v) is 2.34. The molecule has 0 saturated heterocycles. The molecule has 0 bridgehead atoms. The van der Waals surface area contributed by atoms with E-state index in [-0.39, 0.29) is 11.2 Å². The van der Waals surface area contributed by atoms with Crippen LogP contribution in [0.1, 0.15) is 13.3 Å². The lowest BCUT2D eigenvalue weighted by molar-refractivity contribution is 0.184. The van der Waals surface area contributed by atoms with Gasteiger partial charge in [0, 0.05) is 7.11 Å². The summed E-state index contributed by atoms with van der Waals surface area (Å²) < 4.78 is 5.06. The molecule has 0 spiro atoms. The molecule has 0 radical (unpaired) electrons. The second-order valence-corrected chi connectivity index (χ2v) is 3.49. The molecule has 0 saturated carbocycles. The molecule has 0 aliphatic rings. The van der Waals surface area contributed by atoms with Gasteiger partial charge in [-0.1, -0.05) is 18.5 Å². The van der Waals surface area contributed by atoms with Crippen molar-refractivity contribution >= 4 is 23.1 Å². The van der Waals surface area contributed by atoms with E-state index in [2.05, 4.69) is 22.2 Å². The van der Waals surface area contributed by atoms with Gasteiger partial charge in [-0.05, 0) is 6.42 Å². The minimum atomic E-state index is 0.170. The van der Waals surface area contributed by atoms with Crippen molar-refractivity contribution in [3.05, 3.63) is 11.5 Å². The summed E-state index contributed by atoms with van der Waals surface area (Å²) in [5.74, 6) is 0.555. The Bertz CT molecular complexity index is 321. The summed E-state index contributed by atoms with van der Waals surface area (Å²) in [7, 11) is 1.65. The molecule has 1 rings (SSSR count). The average Bonchev–Trinajstić information content (AvgIpc) is 2.24. The zero-order valence-corrected chi connectivity index (χ0v) is 9.58. The summed E-state index contributed by atoms with van der Waals surface area (Å²) in [6.07, 6.45) is 2.29. The van der Waals surface area contributed by atoms with E-state index in [4.69, 9.17) is 22.1 Å². The van der Waals surface area contributed by atoms with Crippen LogP contribution in [0.15, 0.2) is 6.33 Å². The van der Waals surface area contributed by atoms with E-state index in [1.165, 1.54) is 6.33 Å². The van der Waals surface area contributed by atoms with Gasteiger partial charge in [0.15, 0.2) is 11.0 Å². The average molecular weight is 231 g/mol. The second-order valence-electron chi connectivity index (χ2n) is 3.13. The number of anilines is 2. The van der Waals surface area contributed by atoms with Gasteiger partial charge in [0.2, 0.25) is 0 Å². The molecular weight excluding hydrogens is 216 g/mol. The Morgan fingerprint density at radius 1 is 1.60 bits per heavy atom. The Labute approximate surface area is 94.0 Å². The van der Waals surface area contributed by atoms with E-state index in [0.717, 1.165) is 6.42 Å². The van der Waals surface area contributed by atoms with Crippen molar-refractivity contribution in [3.8, 4) is 0 Å². The van der Waals surface area contributed by atoms with Gasteiger partial charge < -0.3 is 15.8 Å². The Hall–Kier alpha value is -1.07. The maximum absolute atomic E-state index is 5.77. The van der Waals surface area contributed by atoms with Crippen molar-refractivity contribution in [3.63, 3.8) is 0 Å². The lowest BCUT2D eigenvalue weighted by Crippen LogP contribution is -2.25. The summed E-state index contributed by atoms with van der Waals surface area (Å²) in [6, 6.07) is 0.170. The zero-order valence-electron chi connectivity index (χ0n) is 8.83. The van der Waals surface area contributed by atoms with Gasteiger partial charge in [-0.15, -0.1) is 0 Å². The molecule has 1 aromatic rings. The normalized spacial score (nSPS) is 12.5.